The fourth-order valence-electron chi connectivity index (χ4n) is 9.94. The number of anilines is 4. The molecule has 0 fully saturated rings. The topological polar surface area (TPSA) is 33.5 Å². The van der Waals surface area contributed by atoms with Crippen LogP contribution >= 0.6 is 0 Å². The van der Waals surface area contributed by atoms with Gasteiger partial charge in [-0.2, -0.15) is 0 Å². The minimum atomic E-state index is -0.365. The predicted octanol–water partition coefficient (Wildman–Crippen LogP) is 16.5. The van der Waals surface area contributed by atoms with Gasteiger partial charge in [-0.05, 0) is 105 Å². The molecule has 0 amide bonds. The fraction of sp³-hybridized carbons (Fsp3) is 0.242. The predicted molar refractivity (Wildman–Crippen MR) is 282 cm³/mol. The van der Waals surface area contributed by atoms with Crippen molar-refractivity contribution in [3.8, 4) is 17.3 Å². The Morgan fingerprint density at radius 1 is 0.433 bits per heavy atom. The van der Waals surface area contributed by atoms with Crippen LogP contribution < -0.4 is 14.5 Å². The van der Waals surface area contributed by atoms with Crippen LogP contribution in [0.3, 0.4) is 0 Å². The van der Waals surface area contributed by atoms with E-state index in [9.17, 15) is 0 Å². The molecule has 0 N–H and O–H groups in total. The summed E-state index contributed by atoms with van der Waals surface area (Å²) in [5, 5.41) is 2.34. The van der Waals surface area contributed by atoms with Gasteiger partial charge in [0.25, 0.3) is 0 Å². The van der Waals surface area contributed by atoms with Crippen molar-refractivity contribution in [1.82, 2.24) is 9.55 Å². The molecule has 0 spiro atoms. The van der Waals surface area contributed by atoms with Crippen LogP contribution in [0.1, 0.15) is 103 Å². The Bertz CT molecular complexity index is 3280. The largest absolute Gasteiger partial charge is 0.457 e. The van der Waals surface area contributed by atoms with Crippen LogP contribution in [0.25, 0.3) is 27.6 Å². The molecule has 0 saturated heterocycles. The molecule has 0 atom stereocenters. The number of pyridine rings is 1. The maximum atomic E-state index is 7.30. The van der Waals surface area contributed by atoms with Gasteiger partial charge in [-0.15, -0.1) is 0 Å². The van der Waals surface area contributed by atoms with Crippen molar-refractivity contribution >= 4 is 44.6 Å². The zero-order valence-electron chi connectivity index (χ0n) is 40.7. The lowest BCUT2D eigenvalue weighted by atomic mass is 9.77. The van der Waals surface area contributed by atoms with Crippen LogP contribution in [0.4, 0.5) is 22.7 Å². The Hall–Kier alpha value is -7.11. The molecular weight excluding hydrogens is 817 g/mol. The van der Waals surface area contributed by atoms with Crippen LogP contribution in [0.15, 0.2) is 182 Å². The van der Waals surface area contributed by atoms with E-state index in [1.54, 1.807) is 0 Å². The van der Waals surface area contributed by atoms with E-state index >= 15 is 0 Å². The minimum Gasteiger partial charge on any atom is -0.457 e. The quantitative estimate of drug-likeness (QED) is 0.145. The summed E-state index contributed by atoms with van der Waals surface area (Å²) in [7, 11) is 0. The van der Waals surface area contributed by atoms with Crippen molar-refractivity contribution < 1.29 is 4.74 Å². The zero-order valence-corrected chi connectivity index (χ0v) is 40.7. The summed E-state index contributed by atoms with van der Waals surface area (Å²) in [6.45, 7) is 23.5. The van der Waals surface area contributed by atoms with Crippen LogP contribution in [0.5, 0.6) is 11.5 Å². The van der Waals surface area contributed by atoms with Gasteiger partial charge in [0.2, 0.25) is 0 Å². The molecule has 5 heteroatoms. The van der Waals surface area contributed by atoms with Gasteiger partial charge in [-0.1, -0.05) is 166 Å². The van der Waals surface area contributed by atoms with E-state index < -0.39 is 0 Å². The zero-order chi connectivity index (χ0) is 46.9. The molecule has 0 unspecified atom stereocenters. The summed E-state index contributed by atoms with van der Waals surface area (Å²) in [5.74, 6) is 2.47. The van der Waals surface area contributed by atoms with Crippen LogP contribution in [0, 0.1) is 0 Å². The summed E-state index contributed by atoms with van der Waals surface area (Å²) in [6.07, 6.45) is 1.95. The molecule has 1 aliphatic heterocycles. The number of fused-ring (bicyclic) bond motifs is 4. The van der Waals surface area contributed by atoms with E-state index in [4.69, 9.17) is 9.72 Å². The van der Waals surface area contributed by atoms with Gasteiger partial charge in [0, 0.05) is 56.9 Å². The molecular formula is C62H62N4O. The first-order valence-electron chi connectivity index (χ1n) is 23.7. The summed E-state index contributed by atoms with van der Waals surface area (Å²) >= 11 is 0. The van der Waals surface area contributed by atoms with Crippen LogP contribution in [0.2, 0.25) is 0 Å². The van der Waals surface area contributed by atoms with Crippen molar-refractivity contribution in [3.05, 3.63) is 216 Å². The monoisotopic (exact) mass is 878 g/mol. The summed E-state index contributed by atoms with van der Waals surface area (Å²) in [4.78, 5) is 9.88. The van der Waals surface area contributed by atoms with Gasteiger partial charge in [-0.3, -0.25) is 4.57 Å². The lowest BCUT2D eigenvalue weighted by Gasteiger charge is -2.30. The number of nitrogens with zero attached hydrogens (tertiary/aromatic N) is 4. The highest BCUT2D eigenvalue weighted by Crippen LogP contribution is 2.48. The van der Waals surface area contributed by atoms with Crippen molar-refractivity contribution in [2.75, 3.05) is 16.5 Å². The van der Waals surface area contributed by atoms with E-state index in [1.807, 2.05) is 6.20 Å². The molecule has 7 aromatic carbocycles. The van der Waals surface area contributed by atoms with Gasteiger partial charge >= 0.3 is 0 Å². The number of hydrogen-bond acceptors (Lipinski definition) is 4. The average molecular weight is 879 g/mol. The van der Waals surface area contributed by atoms with E-state index in [0.717, 1.165) is 50.7 Å². The molecule has 10 rings (SSSR count). The second kappa shape index (κ2) is 16.3. The van der Waals surface area contributed by atoms with Crippen molar-refractivity contribution in [2.45, 2.75) is 90.9 Å². The highest BCUT2D eigenvalue weighted by atomic mass is 16.5. The summed E-state index contributed by atoms with van der Waals surface area (Å²) < 4.78 is 9.63. The third kappa shape index (κ3) is 7.94. The molecule has 0 bridgehead atoms. The number of benzene rings is 7. The molecule has 5 nitrogen and oxygen atoms in total. The molecule has 336 valence electrons. The Morgan fingerprint density at radius 2 is 1.03 bits per heavy atom. The number of hydrogen-bond donors (Lipinski definition) is 0. The standard InChI is InChI=1S/C62H62N4O/c1-59(2,3)44-24-19-25-47(36-44)64-41-65(55-27-18-17-26-54(55)64)48-29-32-52(62(9,10)43-22-15-12-16-23-43)57(39-48)67-49-30-31-50-51-37-46(61(7,8)42-20-13-11-14-21-42)28-33-53(51)66(56(50)40-49)58-38-45(34-35-63-58)60(4,5)6/h11-40H,41H2,1-10H3. The van der Waals surface area contributed by atoms with Crippen molar-refractivity contribution in [3.63, 3.8) is 0 Å². The van der Waals surface area contributed by atoms with E-state index in [0.29, 0.717) is 6.67 Å². The number of para-hydroxylation sites is 2. The third-order valence-corrected chi connectivity index (χ3v) is 14.2. The lowest BCUT2D eigenvalue weighted by Crippen LogP contribution is -2.25. The molecule has 3 heterocycles. The van der Waals surface area contributed by atoms with Crippen molar-refractivity contribution in [1.29, 1.82) is 0 Å². The maximum Gasteiger partial charge on any atom is 0.137 e. The SMILES string of the molecule is CC(C)(C)c1cccc(N2CN(c3ccc(C(C)(C)c4ccccc4)c(Oc4ccc5c6cc(C(C)(C)c7ccccc7)ccc6n(-c6cc(C(C)(C)C)ccn6)c5c4)c3)c3ccccc32)c1. The third-order valence-electron chi connectivity index (χ3n) is 14.2. The van der Waals surface area contributed by atoms with Crippen LogP contribution in [-0.4, -0.2) is 16.2 Å². The Balaban J connectivity index is 1.12. The first-order valence-corrected chi connectivity index (χ1v) is 23.7. The van der Waals surface area contributed by atoms with Gasteiger partial charge in [0.05, 0.1) is 22.4 Å². The number of rotatable bonds is 9. The van der Waals surface area contributed by atoms with Gasteiger partial charge in [-0.25, -0.2) is 4.98 Å². The highest BCUT2D eigenvalue weighted by molar-refractivity contribution is 6.10. The van der Waals surface area contributed by atoms with Crippen molar-refractivity contribution in [2.24, 2.45) is 0 Å². The summed E-state index contributed by atoms with van der Waals surface area (Å²) in [6, 6.07) is 64.0. The Morgan fingerprint density at radius 3 is 1.69 bits per heavy atom. The number of ether oxygens (including phenoxy) is 1. The summed E-state index contributed by atoms with van der Waals surface area (Å²) in [5.41, 5.74) is 13.6. The normalized spacial score (nSPS) is 13.4. The van der Waals surface area contributed by atoms with E-state index in [1.165, 1.54) is 44.6 Å². The molecule has 67 heavy (non-hydrogen) atoms. The molecule has 1 aliphatic rings. The highest BCUT2D eigenvalue weighted by Gasteiger charge is 2.32. The average Bonchev–Trinajstić information content (AvgIpc) is 3.87. The van der Waals surface area contributed by atoms with E-state index in [-0.39, 0.29) is 21.7 Å². The van der Waals surface area contributed by atoms with Crippen LogP contribution in [-0.2, 0) is 21.7 Å². The van der Waals surface area contributed by atoms with E-state index in [2.05, 4.69) is 260 Å². The molecule has 0 saturated carbocycles. The lowest BCUT2D eigenvalue weighted by molar-refractivity contribution is 0.462. The molecule has 0 radical (unpaired) electrons. The Kier molecular flexibility index (Phi) is 10.7. The molecule has 9 aromatic rings. The fourth-order valence-corrected chi connectivity index (χ4v) is 9.94. The molecule has 2 aromatic heterocycles. The molecule has 0 aliphatic carbocycles. The second-order valence-corrected chi connectivity index (χ2v) is 21.5. The smallest absolute Gasteiger partial charge is 0.137 e. The second-order valence-electron chi connectivity index (χ2n) is 21.5. The van der Waals surface area contributed by atoms with Gasteiger partial charge < -0.3 is 14.5 Å². The number of aromatic nitrogens is 2. The van der Waals surface area contributed by atoms with Gasteiger partial charge in [0.15, 0.2) is 0 Å². The van der Waals surface area contributed by atoms with Gasteiger partial charge in [0.1, 0.15) is 24.0 Å². The maximum absolute atomic E-state index is 7.30. The Labute approximate surface area is 397 Å². The first-order chi connectivity index (χ1) is 32.0. The first kappa shape index (κ1) is 43.8. The minimum absolute atomic E-state index is 0.0368.